The number of anilines is 1. The lowest BCUT2D eigenvalue weighted by Gasteiger charge is -2.10. The Kier molecular flexibility index (Phi) is 8.19. The molecule has 0 bridgehead atoms. The number of nitro groups is 1. The Bertz CT molecular complexity index is 2230. The number of ether oxygens (including phenoxy) is 2. The van der Waals surface area contributed by atoms with E-state index >= 15 is 0 Å². The van der Waals surface area contributed by atoms with Crippen molar-refractivity contribution in [1.82, 2.24) is 9.66 Å². The molecule has 0 aliphatic heterocycles. The van der Waals surface area contributed by atoms with Crippen LogP contribution in [0.25, 0.3) is 33.5 Å². The summed E-state index contributed by atoms with van der Waals surface area (Å²) in [6.45, 7) is 1.39. The van der Waals surface area contributed by atoms with Crippen LogP contribution < -0.4 is 20.3 Å². The molecule has 0 aliphatic rings. The zero-order valence-electron chi connectivity index (χ0n) is 24.4. The van der Waals surface area contributed by atoms with Crippen molar-refractivity contribution < 1.29 is 23.6 Å². The number of hydrogen-bond donors (Lipinski definition) is 1. The molecule has 0 saturated carbocycles. The molecule has 1 amide bonds. The molecule has 2 heterocycles. The Morgan fingerprint density at radius 3 is 2.63 bits per heavy atom. The van der Waals surface area contributed by atoms with E-state index in [9.17, 15) is 19.7 Å². The Balaban J connectivity index is 1.35. The molecular formula is C33H24ClN5O7. The zero-order chi connectivity index (χ0) is 32.4. The number of aromatic nitrogens is 2. The number of nitrogens with one attached hydrogen (secondary N) is 1. The van der Waals surface area contributed by atoms with E-state index in [0.29, 0.717) is 33.3 Å². The van der Waals surface area contributed by atoms with Crippen molar-refractivity contribution in [3.05, 3.63) is 122 Å². The number of hydrogen-bond acceptors (Lipinski definition) is 9. The van der Waals surface area contributed by atoms with Crippen molar-refractivity contribution in [1.29, 1.82) is 0 Å². The van der Waals surface area contributed by atoms with Crippen molar-refractivity contribution >= 4 is 57.0 Å². The first-order valence-corrected chi connectivity index (χ1v) is 14.2. The van der Waals surface area contributed by atoms with Crippen LogP contribution >= 0.6 is 11.6 Å². The summed E-state index contributed by atoms with van der Waals surface area (Å²) in [5, 5.41) is 19.8. The lowest BCUT2D eigenvalue weighted by Crippen LogP contribution is -2.20. The van der Waals surface area contributed by atoms with Crippen molar-refractivity contribution in [2.45, 2.75) is 6.92 Å². The van der Waals surface area contributed by atoms with Crippen LogP contribution in [-0.4, -0.2) is 40.4 Å². The maximum Gasteiger partial charge on any atom is 0.313 e. The van der Waals surface area contributed by atoms with E-state index in [1.54, 1.807) is 60.7 Å². The molecular weight excluding hydrogens is 614 g/mol. The lowest BCUT2D eigenvalue weighted by molar-refractivity contribution is -0.385. The highest BCUT2D eigenvalue weighted by Gasteiger charge is 2.22. The van der Waals surface area contributed by atoms with Crippen LogP contribution in [0.1, 0.15) is 11.1 Å². The SMILES string of the molecule is COc1cccc2oc(-c3nc4ccccc4c(=O)n3N=Cc3cc(Cl)c(OCC(=O)Nc4ccc(C)cc4)c([N+](=O)[O-])c3)cc12. The van der Waals surface area contributed by atoms with Crippen LogP contribution in [-0.2, 0) is 4.79 Å². The smallest absolute Gasteiger partial charge is 0.313 e. The summed E-state index contributed by atoms with van der Waals surface area (Å²) < 4.78 is 18.0. The van der Waals surface area contributed by atoms with Gasteiger partial charge < -0.3 is 19.2 Å². The van der Waals surface area contributed by atoms with Crippen molar-refractivity contribution in [2.24, 2.45) is 5.10 Å². The summed E-state index contributed by atoms with van der Waals surface area (Å²) in [4.78, 5) is 42.0. The molecule has 13 heteroatoms. The normalized spacial score (nSPS) is 11.3. The second-order valence-corrected chi connectivity index (χ2v) is 10.5. The molecule has 0 saturated heterocycles. The number of carbonyl (C=O) groups is 1. The summed E-state index contributed by atoms with van der Waals surface area (Å²) in [6, 6.07) is 23.4. The van der Waals surface area contributed by atoms with Gasteiger partial charge >= 0.3 is 5.69 Å². The van der Waals surface area contributed by atoms with Crippen LogP contribution in [0, 0.1) is 17.0 Å². The number of nitrogens with zero attached hydrogens (tertiary/aromatic N) is 4. The Hall–Kier alpha value is -6.01. The highest BCUT2D eigenvalue weighted by Crippen LogP contribution is 2.36. The fourth-order valence-electron chi connectivity index (χ4n) is 4.76. The van der Waals surface area contributed by atoms with E-state index < -0.39 is 28.7 Å². The predicted octanol–water partition coefficient (Wildman–Crippen LogP) is 6.59. The number of aryl methyl sites for hydroxylation is 1. The summed E-state index contributed by atoms with van der Waals surface area (Å²) in [6.07, 6.45) is 1.23. The average molecular weight is 638 g/mol. The summed E-state index contributed by atoms with van der Waals surface area (Å²) in [5.41, 5.74) is 1.70. The average Bonchev–Trinajstić information content (AvgIpc) is 3.49. The number of amides is 1. The lowest BCUT2D eigenvalue weighted by atomic mass is 10.2. The van der Waals surface area contributed by atoms with Gasteiger partial charge in [-0.05, 0) is 55.5 Å². The third-order valence-electron chi connectivity index (χ3n) is 6.96. The number of furan rings is 1. The van der Waals surface area contributed by atoms with Crippen molar-refractivity contribution in [2.75, 3.05) is 19.0 Å². The van der Waals surface area contributed by atoms with E-state index in [4.69, 9.17) is 25.5 Å². The van der Waals surface area contributed by atoms with E-state index in [1.807, 2.05) is 19.1 Å². The van der Waals surface area contributed by atoms with Gasteiger partial charge in [0.05, 0.1) is 39.6 Å². The standard InChI is InChI=1S/C33H24ClN5O7/c1-19-10-12-21(13-11-19)36-30(40)18-45-31-24(34)14-20(15-26(31)39(42)43)17-35-38-32(37-25-7-4-3-6-22(25)33(38)41)29-16-23-27(44-2)8-5-9-28(23)46-29/h3-17H,18H2,1-2H3,(H,36,40). The molecule has 230 valence electrons. The van der Waals surface area contributed by atoms with E-state index in [0.717, 1.165) is 10.2 Å². The van der Waals surface area contributed by atoms with E-state index in [2.05, 4.69) is 15.4 Å². The fraction of sp³-hybridized carbons (Fsp3) is 0.0909. The second-order valence-electron chi connectivity index (χ2n) is 10.1. The van der Waals surface area contributed by atoms with Gasteiger partial charge in [0.15, 0.2) is 12.4 Å². The first-order chi connectivity index (χ1) is 22.2. The Labute approximate surface area is 265 Å². The maximum atomic E-state index is 13.6. The highest BCUT2D eigenvalue weighted by atomic mass is 35.5. The quantitative estimate of drug-likeness (QED) is 0.106. The van der Waals surface area contributed by atoms with Gasteiger partial charge in [0, 0.05) is 17.3 Å². The molecule has 46 heavy (non-hydrogen) atoms. The molecule has 0 spiro atoms. The molecule has 0 fully saturated rings. The number of carbonyl (C=O) groups excluding carboxylic acids is 1. The first-order valence-electron chi connectivity index (χ1n) is 13.8. The number of methoxy groups -OCH3 is 1. The van der Waals surface area contributed by atoms with Crippen molar-refractivity contribution in [3.63, 3.8) is 0 Å². The number of nitro benzene ring substituents is 1. The summed E-state index contributed by atoms with van der Waals surface area (Å²) in [5.74, 6) is 0.0974. The minimum absolute atomic E-state index is 0.0957. The topological polar surface area (TPSA) is 151 Å². The van der Waals surface area contributed by atoms with Crippen LogP contribution in [0.15, 0.2) is 99.2 Å². The number of fused-ring (bicyclic) bond motifs is 2. The molecule has 0 aliphatic carbocycles. The molecule has 6 rings (SSSR count). The monoisotopic (exact) mass is 637 g/mol. The molecule has 4 aromatic carbocycles. The molecule has 0 unspecified atom stereocenters. The number of rotatable bonds is 9. The van der Waals surface area contributed by atoms with Gasteiger partial charge in [-0.2, -0.15) is 9.78 Å². The number of para-hydroxylation sites is 1. The van der Waals surface area contributed by atoms with Crippen LogP contribution in [0.5, 0.6) is 11.5 Å². The Morgan fingerprint density at radius 2 is 1.87 bits per heavy atom. The van der Waals surface area contributed by atoms with E-state index in [-0.39, 0.29) is 27.9 Å². The summed E-state index contributed by atoms with van der Waals surface area (Å²) >= 11 is 6.40. The molecule has 0 radical (unpaired) electrons. The molecule has 12 nitrogen and oxygen atoms in total. The van der Waals surface area contributed by atoms with Gasteiger partial charge in [0.2, 0.25) is 11.6 Å². The number of halogens is 1. The third-order valence-corrected chi connectivity index (χ3v) is 7.24. The largest absolute Gasteiger partial charge is 0.496 e. The van der Waals surface area contributed by atoms with Crippen LogP contribution in [0.4, 0.5) is 11.4 Å². The third kappa shape index (κ3) is 6.01. The minimum atomic E-state index is -0.687. The van der Waals surface area contributed by atoms with Gasteiger partial charge in [0.25, 0.3) is 11.5 Å². The molecule has 2 aromatic heterocycles. The zero-order valence-corrected chi connectivity index (χ0v) is 25.1. The summed E-state index contributed by atoms with van der Waals surface area (Å²) in [7, 11) is 1.54. The van der Waals surface area contributed by atoms with E-state index in [1.165, 1.54) is 25.5 Å². The molecule has 0 atom stereocenters. The van der Waals surface area contributed by atoms with Gasteiger partial charge in [-0.1, -0.05) is 47.5 Å². The number of benzene rings is 4. The van der Waals surface area contributed by atoms with Crippen LogP contribution in [0.2, 0.25) is 5.02 Å². The Morgan fingerprint density at radius 1 is 1.09 bits per heavy atom. The second kappa shape index (κ2) is 12.5. The van der Waals surface area contributed by atoms with Gasteiger partial charge in [-0.25, -0.2) is 4.98 Å². The van der Waals surface area contributed by atoms with Gasteiger partial charge in [-0.3, -0.25) is 19.7 Å². The molecule has 6 aromatic rings. The highest BCUT2D eigenvalue weighted by molar-refractivity contribution is 6.32. The minimum Gasteiger partial charge on any atom is -0.496 e. The van der Waals surface area contributed by atoms with Crippen LogP contribution in [0.3, 0.4) is 0 Å². The van der Waals surface area contributed by atoms with Gasteiger partial charge in [-0.15, -0.1) is 0 Å². The predicted molar refractivity (Wildman–Crippen MR) is 174 cm³/mol. The van der Waals surface area contributed by atoms with Gasteiger partial charge in [0.1, 0.15) is 11.3 Å². The maximum absolute atomic E-state index is 13.6. The van der Waals surface area contributed by atoms with Crippen molar-refractivity contribution in [3.8, 4) is 23.1 Å². The molecule has 1 N–H and O–H groups in total. The fourth-order valence-corrected chi connectivity index (χ4v) is 5.04. The first kappa shape index (κ1) is 30.0.